The first-order valence-corrected chi connectivity index (χ1v) is 11.3. The van der Waals surface area contributed by atoms with E-state index in [1.54, 1.807) is 6.07 Å². The van der Waals surface area contributed by atoms with Gasteiger partial charge in [0.15, 0.2) is 0 Å². The van der Waals surface area contributed by atoms with E-state index < -0.39 is 0 Å². The molecule has 0 spiro atoms. The van der Waals surface area contributed by atoms with Gasteiger partial charge in [0.1, 0.15) is 16.4 Å². The van der Waals surface area contributed by atoms with Crippen LogP contribution in [-0.4, -0.2) is 27.0 Å². The number of nitrogens with one attached hydrogen (secondary N) is 1. The first-order chi connectivity index (χ1) is 15.5. The summed E-state index contributed by atoms with van der Waals surface area (Å²) in [5.74, 6) is 1.20. The maximum absolute atomic E-state index is 12.8. The maximum Gasteiger partial charge on any atom is 0.262 e. The minimum absolute atomic E-state index is 0.106. The van der Waals surface area contributed by atoms with Crippen LogP contribution in [0.2, 0.25) is 0 Å². The summed E-state index contributed by atoms with van der Waals surface area (Å²) in [7, 11) is 0. The van der Waals surface area contributed by atoms with Crippen LogP contribution in [0.25, 0.3) is 21.5 Å². The summed E-state index contributed by atoms with van der Waals surface area (Å²) in [6, 6.07) is 11.6. The summed E-state index contributed by atoms with van der Waals surface area (Å²) in [6.07, 6.45) is 2.56. The van der Waals surface area contributed by atoms with Gasteiger partial charge in [0.05, 0.1) is 24.0 Å². The number of rotatable bonds is 5. The Morgan fingerprint density at radius 2 is 2.12 bits per heavy atom. The molecule has 32 heavy (non-hydrogen) atoms. The molecular weight excluding hydrogens is 424 g/mol. The number of carbonyl (C=O) groups excluding carboxylic acids is 1. The predicted octanol–water partition coefficient (Wildman–Crippen LogP) is 4.10. The molecule has 4 aromatic rings. The van der Waals surface area contributed by atoms with Crippen LogP contribution < -0.4 is 15.6 Å². The molecule has 0 atom stereocenters. The molecule has 4 heterocycles. The number of aryl methyl sites for hydroxylation is 3. The highest BCUT2D eigenvalue weighted by Gasteiger charge is 2.15. The van der Waals surface area contributed by atoms with E-state index >= 15 is 0 Å². The lowest BCUT2D eigenvalue weighted by Crippen LogP contribution is -2.23. The highest BCUT2D eigenvalue weighted by Crippen LogP contribution is 2.30. The number of ether oxygens (including phenoxy) is 1. The van der Waals surface area contributed by atoms with E-state index in [1.807, 2.05) is 38.1 Å². The van der Waals surface area contributed by atoms with Crippen LogP contribution in [0.1, 0.15) is 22.4 Å². The van der Waals surface area contributed by atoms with E-state index in [0.717, 1.165) is 38.7 Å². The third kappa shape index (κ3) is 3.78. The third-order valence-electron chi connectivity index (χ3n) is 5.74. The maximum atomic E-state index is 12.8. The lowest BCUT2D eigenvalue weighted by atomic mass is 10.1. The zero-order valence-electron chi connectivity index (χ0n) is 17.8. The van der Waals surface area contributed by atoms with Crippen molar-refractivity contribution < 1.29 is 9.53 Å². The van der Waals surface area contributed by atoms with E-state index in [4.69, 9.17) is 4.74 Å². The van der Waals surface area contributed by atoms with Gasteiger partial charge in [0.2, 0.25) is 5.91 Å². The van der Waals surface area contributed by atoms with Gasteiger partial charge in [0, 0.05) is 29.8 Å². The molecule has 0 unspecified atom stereocenters. The molecule has 5 rings (SSSR count). The summed E-state index contributed by atoms with van der Waals surface area (Å²) in [4.78, 5) is 36.1. The Bertz CT molecular complexity index is 1410. The van der Waals surface area contributed by atoms with Crippen molar-refractivity contribution in [3.05, 3.63) is 69.1 Å². The van der Waals surface area contributed by atoms with E-state index in [-0.39, 0.29) is 24.4 Å². The van der Waals surface area contributed by atoms with E-state index in [2.05, 4.69) is 21.4 Å². The SMILES string of the molecule is Cc1sc2ncn(CCC(=O)Nc3cccc(-c4ccc5c(c4)CCO5)n3)c(=O)c2c1C. The minimum atomic E-state index is -0.206. The van der Waals surface area contributed by atoms with Crippen LogP contribution >= 0.6 is 11.3 Å². The summed E-state index contributed by atoms with van der Waals surface area (Å²) >= 11 is 1.51. The van der Waals surface area contributed by atoms with Gasteiger partial charge in [0.25, 0.3) is 5.56 Å². The molecule has 0 aliphatic carbocycles. The number of hydrogen-bond acceptors (Lipinski definition) is 6. The Hall–Kier alpha value is -3.52. The highest BCUT2D eigenvalue weighted by molar-refractivity contribution is 7.18. The highest BCUT2D eigenvalue weighted by atomic mass is 32.1. The van der Waals surface area contributed by atoms with Gasteiger partial charge in [-0.2, -0.15) is 0 Å². The summed E-state index contributed by atoms with van der Waals surface area (Å²) in [6.45, 7) is 4.88. The van der Waals surface area contributed by atoms with Crippen molar-refractivity contribution in [1.82, 2.24) is 14.5 Å². The zero-order chi connectivity index (χ0) is 22.2. The average molecular weight is 447 g/mol. The molecule has 0 radical (unpaired) electrons. The molecule has 0 bridgehead atoms. The molecular formula is C24H22N4O3S. The van der Waals surface area contributed by atoms with E-state index in [1.165, 1.54) is 27.8 Å². The number of hydrogen-bond donors (Lipinski definition) is 1. The minimum Gasteiger partial charge on any atom is -0.493 e. The topological polar surface area (TPSA) is 86.1 Å². The number of carbonyl (C=O) groups is 1. The molecule has 8 heteroatoms. The summed E-state index contributed by atoms with van der Waals surface area (Å²) < 4.78 is 7.06. The van der Waals surface area contributed by atoms with Gasteiger partial charge in [-0.05, 0) is 55.3 Å². The van der Waals surface area contributed by atoms with E-state index in [9.17, 15) is 9.59 Å². The second-order valence-corrected chi connectivity index (χ2v) is 9.04. The molecule has 162 valence electrons. The molecule has 0 saturated carbocycles. The van der Waals surface area contributed by atoms with Gasteiger partial charge >= 0.3 is 0 Å². The fourth-order valence-corrected chi connectivity index (χ4v) is 4.86. The molecule has 3 aromatic heterocycles. The first kappa shape index (κ1) is 20.4. The number of amides is 1. The van der Waals surface area contributed by atoms with Crippen molar-refractivity contribution in [2.45, 2.75) is 33.2 Å². The number of anilines is 1. The molecule has 1 aliphatic heterocycles. The number of benzene rings is 1. The Morgan fingerprint density at radius 3 is 3.00 bits per heavy atom. The number of fused-ring (bicyclic) bond motifs is 2. The number of nitrogens with zero attached hydrogens (tertiary/aromatic N) is 3. The molecule has 7 nitrogen and oxygen atoms in total. The van der Waals surface area contributed by atoms with Crippen LogP contribution in [0.4, 0.5) is 5.82 Å². The zero-order valence-corrected chi connectivity index (χ0v) is 18.7. The van der Waals surface area contributed by atoms with Crippen molar-refractivity contribution in [2.24, 2.45) is 0 Å². The van der Waals surface area contributed by atoms with Crippen molar-refractivity contribution in [3.8, 4) is 17.0 Å². The number of pyridine rings is 1. The molecule has 1 aliphatic rings. The predicted molar refractivity (Wildman–Crippen MR) is 125 cm³/mol. The first-order valence-electron chi connectivity index (χ1n) is 10.5. The van der Waals surface area contributed by atoms with Crippen molar-refractivity contribution in [3.63, 3.8) is 0 Å². The number of aromatic nitrogens is 3. The molecule has 1 aromatic carbocycles. The second-order valence-electron chi connectivity index (χ2n) is 7.83. The van der Waals surface area contributed by atoms with Gasteiger partial charge in [-0.1, -0.05) is 6.07 Å². The standard InChI is InChI=1S/C24H22N4O3S/c1-14-15(2)32-23-22(14)24(30)28(13-25-23)10-8-21(29)27-20-5-3-4-18(26-20)16-6-7-19-17(12-16)9-11-31-19/h3-7,12-13H,8-11H2,1-2H3,(H,26,27,29). The lowest BCUT2D eigenvalue weighted by molar-refractivity contribution is -0.116. The third-order valence-corrected chi connectivity index (χ3v) is 6.85. The van der Waals surface area contributed by atoms with Crippen LogP contribution in [0.15, 0.2) is 47.5 Å². The second kappa shape index (κ2) is 8.20. The Labute approximate surface area is 188 Å². The Morgan fingerprint density at radius 1 is 1.25 bits per heavy atom. The quantitative estimate of drug-likeness (QED) is 0.499. The van der Waals surface area contributed by atoms with E-state index in [0.29, 0.717) is 17.8 Å². The van der Waals surface area contributed by atoms with Crippen LogP contribution in [-0.2, 0) is 17.8 Å². The average Bonchev–Trinajstić information content (AvgIpc) is 3.37. The van der Waals surface area contributed by atoms with Gasteiger partial charge < -0.3 is 10.1 Å². The van der Waals surface area contributed by atoms with Gasteiger partial charge in [-0.15, -0.1) is 11.3 Å². The van der Waals surface area contributed by atoms with Gasteiger partial charge in [-0.25, -0.2) is 9.97 Å². The fraction of sp³-hybridized carbons (Fsp3) is 0.250. The molecule has 0 fully saturated rings. The van der Waals surface area contributed by atoms with Crippen LogP contribution in [0.5, 0.6) is 5.75 Å². The monoisotopic (exact) mass is 446 g/mol. The van der Waals surface area contributed by atoms with Crippen molar-refractivity contribution in [1.29, 1.82) is 0 Å². The molecule has 1 N–H and O–H groups in total. The molecule has 1 amide bonds. The van der Waals surface area contributed by atoms with Crippen LogP contribution in [0, 0.1) is 13.8 Å². The van der Waals surface area contributed by atoms with Crippen molar-refractivity contribution >= 4 is 33.3 Å². The summed E-state index contributed by atoms with van der Waals surface area (Å²) in [5.41, 5.74) is 3.79. The van der Waals surface area contributed by atoms with Crippen molar-refractivity contribution in [2.75, 3.05) is 11.9 Å². The Kier molecular flexibility index (Phi) is 5.22. The number of thiophene rings is 1. The Balaban J connectivity index is 1.28. The fourth-order valence-electron chi connectivity index (χ4n) is 3.87. The largest absolute Gasteiger partial charge is 0.493 e. The van der Waals surface area contributed by atoms with Gasteiger partial charge in [-0.3, -0.25) is 14.2 Å². The summed E-state index contributed by atoms with van der Waals surface area (Å²) in [5, 5.41) is 3.48. The smallest absolute Gasteiger partial charge is 0.262 e. The van der Waals surface area contributed by atoms with Crippen LogP contribution in [0.3, 0.4) is 0 Å². The normalized spacial score (nSPS) is 12.6. The molecule has 0 saturated heterocycles. The lowest BCUT2D eigenvalue weighted by Gasteiger charge is -2.09.